The Hall–Kier alpha value is -4.37. The van der Waals surface area contributed by atoms with Gasteiger partial charge >= 0.3 is 0 Å². The van der Waals surface area contributed by atoms with E-state index in [9.17, 15) is 19.1 Å². The van der Waals surface area contributed by atoms with E-state index in [-0.39, 0.29) is 37.3 Å². The average molecular weight is 582 g/mol. The number of ketones is 1. The van der Waals surface area contributed by atoms with Gasteiger partial charge in [0.25, 0.3) is 0 Å². The molecule has 7 rings (SSSR count). The van der Waals surface area contributed by atoms with Gasteiger partial charge in [0, 0.05) is 34.7 Å². The molecular weight excluding hydrogens is 549 g/mol. The number of hydrogen-bond donors (Lipinski definition) is 2. The quantitative estimate of drug-likeness (QED) is 0.241. The molecule has 0 saturated heterocycles. The molecule has 0 spiro atoms. The largest absolute Gasteiger partial charge is 0.489 e. The molecule has 8 nitrogen and oxygen atoms in total. The highest BCUT2D eigenvalue weighted by Crippen LogP contribution is 2.51. The molecule has 0 radical (unpaired) electrons. The summed E-state index contributed by atoms with van der Waals surface area (Å²) < 4.78 is 25.8. The lowest BCUT2D eigenvalue weighted by Crippen LogP contribution is -2.40. The van der Waals surface area contributed by atoms with Gasteiger partial charge in [0.15, 0.2) is 5.78 Å². The number of carbonyl (C=O) groups excluding carboxylic acids is 2. The van der Waals surface area contributed by atoms with Gasteiger partial charge in [-0.1, -0.05) is 6.07 Å². The van der Waals surface area contributed by atoms with Crippen molar-refractivity contribution >= 4 is 22.6 Å². The number of Topliss-reactive ketones (excluding diaryl/α,β-unsaturated/α-hetero) is 1. The van der Waals surface area contributed by atoms with Crippen LogP contribution in [0.3, 0.4) is 0 Å². The molecule has 2 aliphatic carbocycles. The summed E-state index contributed by atoms with van der Waals surface area (Å²) in [5.41, 5.74) is 6.31. The lowest BCUT2D eigenvalue weighted by molar-refractivity contribution is -0.123. The van der Waals surface area contributed by atoms with Crippen molar-refractivity contribution in [3.8, 4) is 22.8 Å². The van der Waals surface area contributed by atoms with E-state index < -0.39 is 22.7 Å². The summed E-state index contributed by atoms with van der Waals surface area (Å²) >= 11 is 0. The number of ether oxygens (including phenoxy) is 2. The van der Waals surface area contributed by atoms with Crippen molar-refractivity contribution < 1.29 is 28.6 Å². The molecule has 3 heterocycles. The maximum atomic E-state index is 13.8. The van der Waals surface area contributed by atoms with Crippen molar-refractivity contribution in [1.82, 2.24) is 9.97 Å². The number of benzene rings is 2. The highest BCUT2D eigenvalue weighted by atomic mass is 19.1. The normalized spacial score (nSPS) is 20.7. The molecule has 220 valence electrons. The van der Waals surface area contributed by atoms with Gasteiger partial charge in [0.2, 0.25) is 5.91 Å². The lowest BCUT2D eigenvalue weighted by atomic mass is 9.80. The third-order valence-electron chi connectivity index (χ3n) is 8.97. The van der Waals surface area contributed by atoms with Crippen LogP contribution in [-0.4, -0.2) is 39.5 Å². The molecule has 2 fully saturated rings. The summed E-state index contributed by atoms with van der Waals surface area (Å²) in [5.74, 6) is -0.217. The highest BCUT2D eigenvalue weighted by molar-refractivity contribution is 6.01. The monoisotopic (exact) mass is 581 g/mol. The number of carbonyl (C=O) groups is 2. The first-order valence-electron chi connectivity index (χ1n) is 14.7. The zero-order valence-corrected chi connectivity index (χ0v) is 23.8. The summed E-state index contributed by atoms with van der Waals surface area (Å²) in [6.07, 6.45) is 5.56. The summed E-state index contributed by atoms with van der Waals surface area (Å²) in [7, 11) is 0. The summed E-state index contributed by atoms with van der Waals surface area (Å²) in [5, 5.41) is 13.1. The Morgan fingerprint density at radius 1 is 1.14 bits per heavy atom. The van der Waals surface area contributed by atoms with Crippen LogP contribution < -0.4 is 15.2 Å². The molecule has 2 atom stereocenters. The molecule has 2 aromatic heterocycles. The highest BCUT2D eigenvalue weighted by Gasteiger charge is 2.49. The van der Waals surface area contributed by atoms with Crippen LogP contribution >= 0.6 is 0 Å². The van der Waals surface area contributed by atoms with Crippen LogP contribution in [0.15, 0.2) is 60.8 Å². The molecule has 2 aromatic carbocycles. The van der Waals surface area contributed by atoms with Gasteiger partial charge in [0.05, 0.1) is 11.8 Å². The zero-order chi connectivity index (χ0) is 29.9. The fourth-order valence-corrected chi connectivity index (χ4v) is 5.94. The van der Waals surface area contributed by atoms with Gasteiger partial charge in [-0.3, -0.25) is 14.6 Å². The molecular formula is C34H32FN3O5. The Balaban J connectivity index is 1.25. The summed E-state index contributed by atoms with van der Waals surface area (Å²) in [6, 6.07) is 14.8. The van der Waals surface area contributed by atoms with Crippen LogP contribution in [0.1, 0.15) is 67.1 Å². The fraction of sp³-hybridized carbons (Fsp3) is 0.353. The molecule has 0 bridgehead atoms. The van der Waals surface area contributed by atoms with E-state index in [0.717, 1.165) is 36.6 Å². The standard InChI is InChI=1S/C34H32FN3O5/c1-33(32(36)40)18-42-31-25(33)17-28(38-30(31)19-4-8-23(35)9-5-19)34(41,22-6-7-22)13-12-26(39)21-15-20-3-2-14-37-29(20)27(16-21)43-24-10-11-24/h2-5,8-9,14-17,22,24,41H,6-7,10-13,18H2,1H3,(H2,36,40)/t33-,34+/m0/s1. The van der Waals surface area contributed by atoms with Gasteiger partial charge in [0.1, 0.15) is 46.1 Å². The molecule has 43 heavy (non-hydrogen) atoms. The minimum atomic E-state index is -1.44. The van der Waals surface area contributed by atoms with E-state index in [1.807, 2.05) is 18.2 Å². The zero-order valence-electron chi connectivity index (χ0n) is 23.8. The first-order chi connectivity index (χ1) is 20.7. The van der Waals surface area contributed by atoms with Crippen LogP contribution in [0.2, 0.25) is 0 Å². The van der Waals surface area contributed by atoms with E-state index in [0.29, 0.717) is 39.6 Å². The topological polar surface area (TPSA) is 125 Å². The third-order valence-corrected chi connectivity index (χ3v) is 8.97. The Morgan fingerprint density at radius 3 is 2.60 bits per heavy atom. The van der Waals surface area contributed by atoms with Crippen LogP contribution in [-0.2, 0) is 15.8 Å². The number of primary amides is 1. The smallest absolute Gasteiger partial charge is 0.231 e. The van der Waals surface area contributed by atoms with Crippen molar-refractivity contribution in [2.24, 2.45) is 11.7 Å². The predicted octanol–water partition coefficient (Wildman–Crippen LogP) is 5.37. The number of fused-ring (bicyclic) bond motifs is 2. The minimum absolute atomic E-state index is 0.0272. The Bertz CT molecular complexity index is 1770. The number of aliphatic hydroxyl groups is 1. The van der Waals surface area contributed by atoms with Gasteiger partial charge in [-0.2, -0.15) is 0 Å². The maximum absolute atomic E-state index is 13.8. The van der Waals surface area contributed by atoms with Crippen LogP contribution in [0.5, 0.6) is 11.5 Å². The first-order valence-corrected chi connectivity index (χ1v) is 14.7. The Morgan fingerprint density at radius 2 is 1.91 bits per heavy atom. The Kier molecular flexibility index (Phi) is 6.46. The minimum Gasteiger partial charge on any atom is -0.489 e. The molecule has 2 saturated carbocycles. The van der Waals surface area contributed by atoms with Gasteiger partial charge in [-0.05, 0) is 93.5 Å². The number of nitrogens with zero attached hydrogens (tertiary/aromatic N) is 2. The predicted molar refractivity (Wildman–Crippen MR) is 157 cm³/mol. The Labute approximate surface area is 248 Å². The van der Waals surface area contributed by atoms with E-state index >= 15 is 0 Å². The van der Waals surface area contributed by atoms with Crippen molar-refractivity contribution in [3.05, 3.63) is 83.4 Å². The van der Waals surface area contributed by atoms with Gasteiger partial charge in [-0.15, -0.1) is 0 Å². The molecule has 1 amide bonds. The molecule has 9 heteroatoms. The third kappa shape index (κ3) is 4.91. The fourth-order valence-electron chi connectivity index (χ4n) is 5.94. The van der Waals surface area contributed by atoms with E-state index in [2.05, 4.69) is 4.98 Å². The summed E-state index contributed by atoms with van der Waals surface area (Å²) in [4.78, 5) is 35.6. The number of pyridine rings is 2. The molecule has 3 N–H and O–H groups in total. The lowest BCUT2D eigenvalue weighted by Gasteiger charge is -2.29. The van der Waals surface area contributed by atoms with Crippen molar-refractivity contribution in [1.29, 1.82) is 0 Å². The molecule has 4 aromatic rings. The van der Waals surface area contributed by atoms with Crippen molar-refractivity contribution in [2.75, 3.05) is 6.61 Å². The van der Waals surface area contributed by atoms with Gasteiger partial charge in [-0.25, -0.2) is 9.37 Å². The van der Waals surface area contributed by atoms with E-state index in [4.69, 9.17) is 20.2 Å². The molecule has 1 aliphatic heterocycles. The maximum Gasteiger partial charge on any atom is 0.231 e. The number of rotatable bonds is 10. The first kappa shape index (κ1) is 27.5. The van der Waals surface area contributed by atoms with Gasteiger partial charge < -0.3 is 20.3 Å². The second-order valence-corrected chi connectivity index (χ2v) is 12.2. The second-order valence-electron chi connectivity index (χ2n) is 12.2. The second kappa shape index (κ2) is 10.1. The van der Waals surface area contributed by atoms with Crippen molar-refractivity contribution in [2.45, 2.75) is 62.6 Å². The number of amides is 1. The number of aromatic nitrogens is 2. The van der Waals surface area contributed by atoms with Crippen molar-refractivity contribution in [3.63, 3.8) is 0 Å². The number of hydrogen-bond acceptors (Lipinski definition) is 7. The number of halogens is 1. The van der Waals surface area contributed by atoms with Crippen LogP contribution in [0, 0.1) is 11.7 Å². The number of nitrogens with two attached hydrogens (primary N) is 1. The molecule has 3 aliphatic rings. The van der Waals surface area contributed by atoms with E-state index in [1.165, 1.54) is 12.1 Å². The summed E-state index contributed by atoms with van der Waals surface area (Å²) in [6.45, 7) is 1.73. The SMILES string of the molecule is C[C@]1(C(N)=O)COc2c1cc([C@@](O)(CCC(=O)c1cc(OC3CC3)c3ncccc3c1)C1CC1)nc2-c1ccc(F)cc1. The van der Waals surface area contributed by atoms with E-state index in [1.54, 1.807) is 37.4 Å². The van der Waals surface area contributed by atoms with Crippen LogP contribution in [0.25, 0.3) is 22.2 Å². The average Bonchev–Trinajstić information content (AvgIpc) is 3.95. The van der Waals surface area contributed by atoms with Crippen LogP contribution in [0.4, 0.5) is 4.39 Å². The molecule has 0 unspecified atom stereocenters.